The predicted molar refractivity (Wildman–Crippen MR) is 103 cm³/mol. The third-order valence-electron chi connectivity index (χ3n) is 4.83. The van der Waals surface area contributed by atoms with E-state index in [0.29, 0.717) is 6.54 Å². The lowest BCUT2D eigenvalue weighted by atomic mass is 10.1. The lowest BCUT2D eigenvalue weighted by molar-refractivity contribution is 0.112. The number of likely N-dealkylation sites (tertiary alicyclic amines) is 1. The average Bonchev–Trinajstić information content (AvgIpc) is 3.26. The van der Waals surface area contributed by atoms with Gasteiger partial charge in [-0.3, -0.25) is 9.80 Å². The Kier molecular flexibility index (Phi) is 6.48. The number of benzene rings is 1. The summed E-state index contributed by atoms with van der Waals surface area (Å²) in [4.78, 5) is 6.12. The smallest absolute Gasteiger partial charge is 0.115 e. The summed E-state index contributed by atoms with van der Waals surface area (Å²) in [5.74, 6) is 0.199. The van der Waals surface area contributed by atoms with E-state index in [9.17, 15) is 10.2 Å². The van der Waals surface area contributed by atoms with E-state index in [4.69, 9.17) is 0 Å². The maximum atomic E-state index is 10.5. The van der Waals surface area contributed by atoms with Crippen LogP contribution in [-0.2, 0) is 13.1 Å². The van der Waals surface area contributed by atoms with Gasteiger partial charge in [0.25, 0.3) is 0 Å². The third-order valence-corrected chi connectivity index (χ3v) is 5.80. The molecular formula is C20H28N2O2S. The molecule has 4 nitrogen and oxygen atoms in total. The zero-order valence-corrected chi connectivity index (χ0v) is 15.7. The molecule has 0 amide bonds. The van der Waals surface area contributed by atoms with Crippen molar-refractivity contribution in [2.75, 3.05) is 26.2 Å². The monoisotopic (exact) mass is 360 g/mol. The van der Waals surface area contributed by atoms with E-state index in [-0.39, 0.29) is 5.75 Å². The van der Waals surface area contributed by atoms with Gasteiger partial charge in [-0.2, -0.15) is 0 Å². The van der Waals surface area contributed by atoms with Gasteiger partial charge in [0.1, 0.15) is 5.75 Å². The van der Waals surface area contributed by atoms with Crippen molar-refractivity contribution in [1.82, 2.24) is 9.80 Å². The van der Waals surface area contributed by atoms with Crippen LogP contribution in [0.1, 0.15) is 41.9 Å². The van der Waals surface area contributed by atoms with E-state index in [1.807, 2.05) is 17.4 Å². The van der Waals surface area contributed by atoms with Gasteiger partial charge in [0.2, 0.25) is 0 Å². The number of rotatable bonds is 8. The summed E-state index contributed by atoms with van der Waals surface area (Å²) < 4.78 is 0. The van der Waals surface area contributed by atoms with Gasteiger partial charge in [0.15, 0.2) is 0 Å². The minimum Gasteiger partial charge on any atom is -0.508 e. The highest BCUT2D eigenvalue weighted by molar-refractivity contribution is 7.10. The van der Waals surface area contributed by atoms with Crippen molar-refractivity contribution < 1.29 is 10.2 Å². The number of aromatic hydroxyl groups is 1. The second-order valence-electron chi connectivity index (χ2n) is 6.84. The van der Waals surface area contributed by atoms with Crippen LogP contribution in [0.3, 0.4) is 0 Å². The number of phenolic OH excluding ortho intramolecular Hbond substituents is 1. The molecule has 1 atom stereocenters. The number of likely N-dealkylation sites (N-methyl/N-ethyl adjacent to an activating group) is 1. The number of aliphatic hydroxyl groups is 1. The number of phenols is 1. The van der Waals surface area contributed by atoms with Crippen molar-refractivity contribution in [3.05, 3.63) is 51.7 Å². The first kappa shape index (κ1) is 18.4. The fourth-order valence-corrected chi connectivity index (χ4v) is 4.32. The van der Waals surface area contributed by atoms with Gasteiger partial charge in [-0.05, 0) is 67.2 Å². The molecule has 2 N–H and O–H groups in total. The molecule has 1 aliphatic heterocycles. The highest BCUT2D eigenvalue weighted by Crippen LogP contribution is 2.23. The van der Waals surface area contributed by atoms with Crippen LogP contribution in [0.2, 0.25) is 0 Å². The number of aliphatic hydroxyl groups excluding tert-OH is 1. The molecule has 0 radical (unpaired) electrons. The van der Waals surface area contributed by atoms with E-state index >= 15 is 0 Å². The first-order chi connectivity index (χ1) is 12.1. The van der Waals surface area contributed by atoms with E-state index in [1.54, 1.807) is 18.2 Å². The van der Waals surface area contributed by atoms with Crippen molar-refractivity contribution in [2.24, 2.45) is 0 Å². The number of thiophene rings is 1. The second kappa shape index (κ2) is 8.81. The van der Waals surface area contributed by atoms with Gasteiger partial charge in [0.05, 0.1) is 6.10 Å². The minimum atomic E-state index is -0.587. The minimum absolute atomic E-state index is 0.199. The van der Waals surface area contributed by atoms with Gasteiger partial charge in [-0.1, -0.05) is 19.1 Å². The zero-order chi connectivity index (χ0) is 17.6. The van der Waals surface area contributed by atoms with Crippen LogP contribution >= 0.6 is 11.3 Å². The van der Waals surface area contributed by atoms with Crippen LogP contribution in [0, 0.1) is 0 Å². The normalized spacial score (nSPS) is 16.6. The van der Waals surface area contributed by atoms with E-state index in [1.165, 1.54) is 36.4 Å². The van der Waals surface area contributed by atoms with E-state index in [0.717, 1.165) is 25.2 Å². The Bertz CT molecular complexity index is 667. The molecule has 1 aliphatic rings. The van der Waals surface area contributed by atoms with Crippen LogP contribution in [-0.4, -0.2) is 46.2 Å². The quantitative estimate of drug-likeness (QED) is 0.755. The molecule has 0 saturated carbocycles. The van der Waals surface area contributed by atoms with Crippen molar-refractivity contribution in [2.45, 2.75) is 39.0 Å². The first-order valence-corrected chi connectivity index (χ1v) is 10.00. The number of hydrogen-bond donors (Lipinski definition) is 2. The lowest BCUT2D eigenvalue weighted by Gasteiger charge is -2.23. The summed E-state index contributed by atoms with van der Waals surface area (Å²) >= 11 is 1.81. The van der Waals surface area contributed by atoms with Crippen molar-refractivity contribution in [1.29, 1.82) is 0 Å². The molecule has 2 aromatic rings. The van der Waals surface area contributed by atoms with Crippen molar-refractivity contribution in [3.8, 4) is 5.75 Å². The van der Waals surface area contributed by atoms with Crippen LogP contribution in [0.25, 0.3) is 0 Å². The number of hydrogen-bond acceptors (Lipinski definition) is 5. The summed E-state index contributed by atoms with van der Waals surface area (Å²) in [5, 5.41) is 22.3. The van der Waals surface area contributed by atoms with Gasteiger partial charge in [-0.25, -0.2) is 0 Å². The van der Waals surface area contributed by atoms with Gasteiger partial charge >= 0.3 is 0 Å². The molecule has 0 aliphatic carbocycles. The molecule has 2 heterocycles. The maximum absolute atomic E-state index is 10.5. The topological polar surface area (TPSA) is 46.9 Å². The van der Waals surface area contributed by atoms with Crippen LogP contribution in [0.4, 0.5) is 0 Å². The Hall–Kier alpha value is -1.40. The molecule has 3 rings (SSSR count). The van der Waals surface area contributed by atoms with Crippen LogP contribution < -0.4 is 0 Å². The molecule has 1 fully saturated rings. The summed E-state index contributed by atoms with van der Waals surface area (Å²) in [7, 11) is 0. The molecule has 0 bridgehead atoms. The van der Waals surface area contributed by atoms with E-state index in [2.05, 4.69) is 28.2 Å². The van der Waals surface area contributed by atoms with Gasteiger partial charge in [-0.15, -0.1) is 11.3 Å². The SMILES string of the molecule is CCN(Cc1cc(CN2CCCC2)cs1)CC(O)c1cccc(O)c1. The number of nitrogens with zero attached hydrogens (tertiary/aromatic N) is 2. The van der Waals surface area contributed by atoms with Crippen LogP contribution in [0.5, 0.6) is 5.75 Å². The third kappa shape index (κ3) is 5.28. The van der Waals surface area contributed by atoms with Gasteiger partial charge < -0.3 is 10.2 Å². The molecule has 1 unspecified atom stereocenters. The average molecular weight is 361 g/mol. The molecule has 1 aromatic carbocycles. The van der Waals surface area contributed by atoms with Crippen molar-refractivity contribution in [3.63, 3.8) is 0 Å². The molecule has 1 aromatic heterocycles. The molecule has 25 heavy (non-hydrogen) atoms. The van der Waals surface area contributed by atoms with Gasteiger partial charge in [0, 0.05) is 24.5 Å². The molecule has 1 saturated heterocycles. The fraction of sp³-hybridized carbons (Fsp3) is 0.500. The summed E-state index contributed by atoms with van der Waals surface area (Å²) in [6.07, 6.45) is 2.07. The Morgan fingerprint density at radius 3 is 2.76 bits per heavy atom. The molecular weight excluding hydrogens is 332 g/mol. The Morgan fingerprint density at radius 1 is 1.24 bits per heavy atom. The zero-order valence-electron chi connectivity index (χ0n) is 14.9. The van der Waals surface area contributed by atoms with Crippen molar-refractivity contribution >= 4 is 11.3 Å². The maximum Gasteiger partial charge on any atom is 0.115 e. The highest BCUT2D eigenvalue weighted by Gasteiger charge is 2.16. The summed E-state index contributed by atoms with van der Waals surface area (Å²) in [6, 6.07) is 9.21. The highest BCUT2D eigenvalue weighted by atomic mass is 32.1. The lowest BCUT2D eigenvalue weighted by Crippen LogP contribution is -2.27. The molecule has 5 heteroatoms. The Morgan fingerprint density at radius 2 is 2.04 bits per heavy atom. The summed E-state index contributed by atoms with van der Waals surface area (Å²) in [6.45, 7) is 7.94. The Labute approximate surface area is 154 Å². The van der Waals surface area contributed by atoms with E-state index < -0.39 is 6.10 Å². The standard InChI is InChI=1S/C20H28N2O2S/c1-2-21(14-20(24)17-6-5-7-18(23)11-17)13-19-10-16(15-25-19)12-22-8-3-4-9-22/h5-7,10-11,15,20,23-24H,2-4,8-9,12-14H2,1H3. The second-order valence-corrected chi connectivity index (χ2v) is 7.84. The summed E-state index contributed by atoms with van der Waals surface area (Å²) in [5.41, 5.74) is 2.17. The fourth-order valence-electron chi connectivity index (χ4n) is 3.40. The molecule has 0 spiro atoms. The van der Waals surface area contributed by atoms with Crippen LogP contribution in [0.15, 0.2) is 35.7 Å². The Balaban J connectivity index is 1.55. The predicted octanol–water partition coefficient (Wildman–Crippen LogP) is 3.61. The largest absolute Gasteiger partial charge is 0.508 e. The molecule has 136 valence electrons. The first-order valence-electron chi connectivity index (χ1n) is 9.12.